The van der Waals surface area contributed by atoms with E-state index >= 15 is 0 Å². The zero-order chi connectivity index (χ0) is 23.0. The van der Waals surface area contributed by atoms with E-state index in [0.717, 1.165) is 38.3 Å². The van der Waals surface area contributed by atoms with Crippen LogP contribution < -0.4 is 10.6 Å². The minimum Gasteiger partial charge on any atom is -0.383 e. The summed E-state index contributed by atoms with van der Waals surface area (Å²) in [6.45, 7) is 11.1. The van der Waals surface area contributed by atoms with Gasteiger partial charge in [-0.3, -0.25) is 9.58 Å². The van der Waals surface area contributed by atoms with Crippen LogP contribution in [-0.4, -0.2) is 77.0 Å². The molecule has 1 aromatic carbocycles. The van der Waals surface area contributed by atoms with E-state index in [-0.39, 0.29) is 24.0 Å². The molecule has 0 bridgehead atoms. The van der Waals surface area contributed by atoms with Gasteiger partial charge in [-0.15, -0.1) is 24.0 Å². The van der Waals surface area contributed by atoms with E-state index in [1.807, 2.05) is 20.2 Å². The molecule has 1 saturated heterocycles. The average Bonchev–Trinajstić information content (AvgIpc) is 3.12. The van der Waals surface area contributed by atoms with Crippen LogP contribution in [0.2, 0.25) is 0 Å². The standard InChI is InChI=1S/C24H39N7O.HI/c1-5-25-23(27-19-24(2,32)22-16-28-30(4)18-22)26-15-20-7-9-21(10-8-20)17-31-12-6-11-29(3)13-14-31;/h7-10,16,18,32H,5-6,11-15,17,19H2,1-4H3,(H2,25,26,27);1H. The highest BCUT2D eigenvalue weighted by atomic mass is 127. The lowest BCUT2D eigenvalue weighted by Gasteiger charge is -2.23. The molecule has 2 heterocycles. The van der Waals surface area contributed by atoms with Crippen LogP contribution in [0.4, 0.5) is 0 Å². The van der Waals surface area contributed by atoms with Crippen molar-refractivity contribution >= 4 is 29.9 Å². The van der Waals surface area contributed by atoms with Crippen LogP contribution in [0.15, 0.2) is 41.7 Å². The highest BCUT2D eigenvalue weighted by Gasteiger charge is 2.25. The third-order valence-electron chi connectivity index (χ3n) is 5.93. The molecule has 1 aromatic heterocycles. The highest BCUT2D eigenvalue weighted by molar-refractivity contribution is 14.0. The lowest BCUT2D eigenvalue weighted by molar-refractivity contribution is 0.0616. The molecule has 184 valence electrons. The Morgan fingerprint density at radius 1 is 1.09 bits per heavy atom. The Hall–Kier alpha value is -1.69. The maximum absolute atomic E-state index is 10.8. The minimum atomic E-state index is -1.03. The predicted molar refractivity (Wildman–Crippen MR) is 145 cm³/mol. The highest BCUT2D eigenvalue weighted by Crippen LogP contribution is 2.18. The van der Waals surface area contributed by atoms with Gasteiger partial charge in [0.2, 0.25) is 0 Å². The Kier molecular flexibility index (Phi) is 11.1. The molecule has 0 spiro atoms. The Morgan fingerprint density at radius 3 is 2.48 bits per heavy atom. The van der Waals surface area contributed by atoms with Crippen molar-refractivity contribution in [1.29, 1.82) is 0 Å². The number of aliphatic imine (C=N–C) groups is 1. The van der Waals surface area contributed by atoms with Crippen molar-refractivity contribution in [1.82, 2.24) is 30.2 Å². The summed E-state index contributed by atoms with van der Waals surface area (Å²) in [5.74, 6) is 0.689. The van der Waals surface area contributed by atoms with E-state index in [1.54, 1.807) is 17.8 Å². The molecule has 1 aliphatic rings. The molecular formula is C24H40IN7O. The molecule has 2 aromatic rings. The molecule has 1 aliphatic heterocycles. The van der Waals surface area contributed by atoms with Gasteiger partial charge in [-0.1, -0.05) is 24.3 Å². The maximum atomic E-state index is 10.8. The zero-order valence-corrected chi connectivity index (χ0v) is 22.7. The molecular weight excluding hydrogens is 529 g/mol. The van der Waals surface area contributed by atoms with Crippen LogP contribution in [0, 0.1) is 0 Å². The van der Waals surface area contributed by atoms with Crippen molar-refractivity contribution in [3.63, 3.8) is 0 Å². The van der Waals surface area contributed by atoms with Crippen LogP contribution in [0.5, 0.6) is 0 Å². The number of hydrogen-bond donors (Lipinski definition) is 3. The third-order valence-corrected chi connectivity index (χ3v) is 5.93. The Morgan fingerprint density at radius 2 is 1.82 bits per heavy atom. The Bertz CT molecular complexity index is 866. The quantitative estimate of drug-likeness (QED) is 0.257. The minimum absolute atomic E-state index is 0. The Labute approximate surface area is 215 Å². The van der Waals surface area contributed by atoms with E-state index in [0.29, 0.717) is 19.0 Å². The predicted octanol–water partition coefficient (Wildman–Crippen LogP) is 2.14. The van der Waals surface area contributed by atoms with E-state index in [2.05, 4.69) is 56.8 Å². The van der Waals surface area contributed by atoms with Gasteiger partial charge in [0.05, 0.1) is 19.3 Å². The number of nitrogens with one attached hydrogen (secondary N) is 2. The fourth-order valence-corrected chi connectivity index (χ4v) is 3.84. The number of aromatic nitrogens is 2. The van der Waals surface area contributed by atoms with E-state index in [9.17, 15) is 5.11 Å². The van der Waals surface area contributed by atoms with E-state index in [1.165, 1.54) is 24.1 Å². The molecule has 1 atom stereocenters. The number of halogens is 1. The first-order valence-corrected chi connectivity index (χ1v) is 11.6. The van der Waals surface area contributed by atoms with Crippen molar-refractivity contribution in [3.05, 3.63) is 53.3 Å². The normalized spacial score (nSPS) is 17.7. The SMILES string of the molecule is CCNC(=NCc1ccc(CN2CCCN(C)CC2)cc1)NCC(C)(O)c1cnn(C)c1.I. The van der Waals surface area contributed by atoms with Gasteiger partial charge in [-0.25, -0.2) is 4.99 Å². The summed E-state index contributed by atoms with van der Waals surface area (Å²) < 4.78 is 1.69. The molecule has 0 radical (unpaired) electrons. The topological polar surface area (TPSA) is 81.0 Å². The number of aliphatic hydroxyl groups is 1. The molecule has 0 aliphatic carbocycles. The molecule has 8 nitrogen and oxygen atoms in total. The fraction of sp³-hybridized carbons (Fsp3) is 0.583. The summed E-state index contributed by atoms with van der Waals surface area (Å²) >= 11 is 0. The number of aryl methyl sites for hydroxylation is 1. The van der Waals surface area contributed by atoms with Gasteiger partial charge in [-0.2, -0.15) is 5.10 Å². The maximum Gasteiger partial charge on any atom is 0.191 e. The van der Waals surface area contributed by atoms with Gasteiger partial charge in [-0.05, 0) is 51.5 Å². The zero-order valence-electron chi connectivity index (χ0n) is 20.4. The molecule has 0 saturated carbocycles. The first-order valence-electron chi connectivity index (χ1n) is 11.6. The third kappa shape index (κ3) is 8.88. The van der Waals surface area contributed by atoms with Crippen molar-refractivity contribution in [3.8, 4) is 0 Å². The van der Waals surface area contributed by atoms with Crippen molar-refractivity contribution < 1.29 is 5.11 Å². The van der Waals surface area contributed by atoms with Crippen LogP contribution in [0.1, 0.15) is 37.0 Å². The van der Waals surface area contributed by atoms with Crippen LogP contribution in [0.3, 0.4) is 0 Å². The Balaban J connectivity index is 0.00000385. The largest absolute Gasteiger partial charge is 0.383 e. The second-order valence-electron chi connectivity index (χ2n) is 8.97. The van der Waals surface area contributed by atoms with Crippen LogP contribution in [-0.2, 0) is 25.7 Å². The van der Waals surface area contributed by atoms with Gasteiger partial charge in [0.15, 0.2) is 5.96 Å². The summed E-state index contributed by atoms with van der Waals surface area (Å²) in [5.41, 5.74) is 2.25. The second-order valence-corrected chi connectivity index (χ2v) is 8.97. The number of benzene rings is 1. The van der Waals surface area contributed by atoms with E-state index in [4.69, 9.17) is 4.99 Å². The number of nitrogens with zero attached hydrogens (tertiary/aromatic N) is 5. The van der Waals surface area contributed by atoms with Crippen molar-refractivity contribution in [2.24, 2.45) is 12.0 Å². The molecule has 33 heavy (non-hydrogen) atoms. The monoisotopic (exact) mass is 569 g/mol. The molecule has 0 amide bonds. The second kappa shape index (κ2) is 13.3. The summed E-state index contributed by atoms with van der Waals surface area (Å²) in [7, 11) is 4.05. The number of likely N-dealkylation sites (N-methyl/N-ethyl adjacent to an activating group) is 1. The number of hydrogen-bond acceptors (Lipinski definition) is 5. The van der Waals surface area contributed by atoms with E-state index < -0.39 is 5.60 Å². The van der Waals surface area contributed by atoms with Gasteiger partial charge >= 0.3 is 0 Å². The number of guanidine groups is 1. The summed E-state index contributed by atoms with van der Waals surface area (Å²) in [6, 6.07) is 8.76. The van der Waals surface area contributed by atoms with Crippen LogP contribution >= 0.6 is 24.0 Å². The van der Waals surface area contributed by atoms with Crippen molar-refractivity contribution in [2.45, 2.75) is 39.0 Å². The molecule has 1 fully saturated rings. The first kappa shape index (κ1) is 27.6. The van der Waals surface area contributed by atoms with Gasteiger partial charge in [0, 0.05) is 45.0 Å². The van der Waals surface area contributed by atoms with Gasteiger partial charge < -0.3 is 20.6 Å². The van der Waals surface area contributed by atoms with Crippen LogP contribution in [0.25, 0.3) is 0 Å². The molecule has 1 unspecified atom stereocenters. The first-order chi connectivity index (χ1) is 15.4. The summed E-state index contributed by atoms with van der Waals surface area (Å²) in [4.78, 5) is 9.65. The number of rotatable bonds is 8. The summed E-state index contributed by atoms with van der Waals surface area (Å²) in [5, 5.41) is 21.5. The smallest absolute Gasteiger partial charge is 0.191 e. The molecule has 9 heteroatoms. The summed E-state index contributed by atoms with van der Waals surface area (Å²) in [6.07, 6.45) is 4.76. The van der Waals surface area contributed by atoms with Gasteiger partial charge in [0.1, 0.15) is 5.60 Å². The molecule has 3 N–H and O–H groups in total. The lowest BCUT2D eigenvalue weighted by atomic mass is 10.00. The average molecular weight is 570 g/mol. The molecule has 3 rings (SSSR count). The van der Waals surface area contributed by atoms with Crippen molar-refractivity contribution in [2.75, 3.05) is 46.3 Å². The lowest BCUT2D eigenvalue weighted by Crippen LogP contribution is -2.44. The van der Waals surface area contributed by atoms with Gasteiger partial charge in [0.25, 0.3) is 0 Å². The fourth-order valence-electron chi connectivity index (χ4n) is 3.84.